The molecule has 3 amide bonds. The molecule has 0 bridgehead atoms. The highest BCUT2D eigenvalue weighted by Gasteiger charge is 2.30. The number of carbonyl (C=O) groups is 2. The lowest BCUT2D eigenvalue weighted by Gasteiger charge is -2.22. The molecular weight excluding hydrogens is 390 g/mol. The second kappa shape index (κ2) is 8.50. The smallest absolute Gasteiger partial charge is 0.337 e. The van der Waals surface area contributed by atoms with Crippen LogP contribution >= 0.6 is 0 Å². The Labute approximate surface area is 164 Å². The van der Waals surface area contributed by atoms with Gasteiger partial charge in [0.1, 0.15) is 5.82 Å². The highest BCUT2D eigenvalue weighted by molar-refractivity contribution is 5.94. The van der Waals surface area contributed by atoms with Gasteiger partial charge in [-0.1, -0.05) is 0 Å². The van der Waals surface area contributed by atoms with Crippen LogP contribution in [0.15, 0.2) is 48.5 Å². The molecule has 1 aliphatic rings. The summed E-state index contributed by atoms with van der Waals surface area (Å²) in [6.07, 6.45) is -3.89. The monoisotopic (exact) mass is 409 g/mol. The highest BCUT2D eigenvalue weighted by atomic mass is 19.4. The summed E-state index contributed by atoms with van der Waals surface area (Å²) >= 11 is 0. The van der Waals surface area contributed by atoms with Gasteiger partial charge in [-0.3, -0.25) is 4.79 Å². The van der Waals surface area contributed by atoms with Crippen molar-refractivity contribution in [1.29, 1.82) is 0 Å². The number of hydrogen-bond donors (Lipinski definition) is 1. The van der Waals surface area contributed by atoms with Gasteiger partial charge in [0.05, 0.1) is 5.56 Å². The van der Waals surface area contributed by atoms with Gasteiger partial charge < -0.3 is 15.1 Å². The van der Waals surface area contributed by atoms with Crippen LogP contribution in [0.1, 0.15) is 22.3 Å². The maximum Gasteiger partial charge on any atom is 0.416 e. The molecule has 1 fully saturated rings. The van der Waals surface area contributed by atoms with Crippen molar-refractivity contribution in [2.24, 2.45) is 0 Å². The second-order valence-electron chi connectivity index (χ2n) is 6.64. The third-order valence-electron chi connectivity index (χ3n) is 4.62. The number of alkyl halides is 3. The van der Waals surface area contributed by atoms with E-state index >= 15 is 0 Å². The number of amides is 3. The molecule has 0 unspecified atom stereocenters. The van der Waals surface area contributed by atoms with E-state index in [1.54, 1.807) is 4.90 Å². The largest absolute Gasteiger partial charge is 0.416 e. The van der Waals surface area contributed by atoms with Gasteiger partial charge in [-0.2, -0.15) is 13.2 Å². The molecule has 3 rings (SSSR count). The molecule has 9 heteroatoms. The molecule has 5 nitrogen and oxygen atoms in total. The number of halogens is 4. The van der Waals surface area contributed by atoms with Gasteiger partial charge in [-0.05, 0) is 55.0 Å². The first-order chi connectivity index (χ1) is 13.7. The van der Waals surface area contributed by atoms with E-state index in [0.717, 1.165) is 12.1 Å². The fraction of sp³-hybridized carbons (Fsp3) is 0.300. The number of nitrogens with zero attached hydrogens (tertiary/aromatic N) is 2. The summed E-state index contributed by atoms with van der Waals surface area (Å²) in [4.78, 5) is 28.1. The number of rotatable bonds is 2. The predicted octanol–water partition coefficient (Wildman–Crippen LogP) is 4.22. The Morgan fingerprint density at radius 3 is 2.03 bits per heavy atom. The third-order valence-corrected chi connectivity index (χ3v) is 4.62. The number of anilines is 1. The number of benzene rings is 2. The van der Waals surface area contributed by atoms with E-state index in [0.29, 0.717) is 31.6 Å². The lowest BCUT2D eigenvalue weighted by Crippen LogP contribution is -2.39. The normalized spacial score (nSPS) is 15.0. The second-order valence-corrected chi connectivity index (χ2v) is 6.64. The van der Waals surface area contributed by atoms with E-state index in [9.17, 15) is 27.2 Å². The quantitative estimate of drug-likeness (QED) is 0.755. The van der Waals surface area contributed by atoms with Crippen LogP contribution in [-0.2, 0) is 6.18 Å². The van der Waals surface area contributed by atoms with Crippen molar-refractivity contribution in [2.75, 3.05) is 31.5 Å². The predicted molar refractivity (Wildman–Crippen MR) is 99.0 cm³/mol. The molecule has 2 aromatic carbocycles. The lowest BCUT2D eigenvalue weighted by molar-refractivity contribution is -0.137. The van der Waals surface area contributed by atoms with Gasteiger partial charge in [0.15, 0.2) is 0 Å². The summed E-state index contributed by atoms with van der Waals surface area (Å²) in [5.74, 6) is -0.668. The Balaban J connectivity index is 1.58. The maximum atomic E-state index is 13.0. The zero-order valence-electron chi connectivity index (χ0n) is 15.4. The number of carbonyl (C=O) groups excluding carboxylic acids is 2. The van der Waals surface area contributed by atoms with Gasteiger partial charge in [-0.25, -0.2) is 9.18 Å². The zero-order valence-corrected chi connectivity index (χ0v) is 15.4. The Kier molecular flexibility index (Phi) is 6.05. The van der Waals surface area contributed by atoms with E-state index in [-0.39, 0.29) is 18.1 Å². The van der Waals surface area contributed by atoms with Crippen LogP contribution in [0, 0.1) is 5.82 Å². The third kappa shape index (κ3) is 5.24. The van der Waals surface area contributed by atoms with Crippen LogP contribution < -0.4 is 5.32 Å². The van der Waals surface area contributed by atoms with Crippen molar-refractivity contribution in [2.45, 2.75) is 12.6 Å². The molecule has 0 saturated carbocycles. The van der Waals surface area contributed by atoms with Gasteiger partial charge >= 0.3 is 12.2 Å². The van der Waals surface area contributed by atoms with Gasteiger partial charge in [0.2, 0.25) is 0 Å². The average Bonchev–Trinajstić information content (AvgIpc) is 2.94. The van der Waals surface area contributed by atoms with E-state index in [1.807, 2.05) is 0 Å². The maximum absolute atomic E-state index is 13.0. The minimum absolute atomic E-state index is 0.241. The number of urea groups is 1. The minimum Gasteiger partial charge on any atom is -0.337 e. The number of hydrogen-bond acceptors (Lipinski definition) is 2. The first-order valence-corrected chi connectivity index (χ1v) is 9.02. The topological polar surface area (TPSA) is 52.7 Å². The summed E-state index contributed by atoms with van der Waals surface area (Å²) in [6.45, 7) is 1.43. The fourth-order valence-electron chi connectivity index (χ4n) is 3.04. The van der Waals surface area contributed by atoms with Crippen molar-refractivity contribution in [3.05, 3.63) is 65.5 Å². The van der Waals surface area contributed by atoms with Crippen LogP contribution in [-0.4, -0.2) is 47.9 Å². The molecule has 0 radical (unpaired) electrons. The average molecular weight is 409 g/mol. The SMILES string of the molecule is O=C(Nc1ccc(C(F)(F)F)cc1)N1CCCN(C(=O)c2ccc(F)cc2)CC1. The molecule has 154 valence electrons. The van der Waals surface area contributed by atoms with Crippen molar-refractivity contribution in [3.8, 4) is 0 Å². The summed E-state index contributed by atoms with van der Waals surface area (Å²) in [7, 11) is 0. The summed E-state index contributed by atoms with van der Waals surface area (Å²) < 4.78 is 50.9. The standard InChI is InChI=1S/C20H19F4N3O2/c21-16-6-2-14(3-7-16)18(28)26-10-1-11-27(13-12-26)19(29)25-17-8-4-15(5-9-17)20(22,23)24/h2-9H,1,10-13H2,(H,25,29). The van der Waals surface area contributed by atoms with E-state index in [4.69, 9.17) is 0 Å². The lowest BCUT2D eigenvalue weighted by atomic mass is 10.2. The first-order valence-electron chi connectivity index (χ1n) is 9.02. The van der Waals surface area contributed by atoms with Gasteiger partial charge in [0, 0.05) is 37.4 Å². The first kappa shape index (κ1) is 20.6. The summed E-state index contributed by atoms with van der Waals surface area (Å²) in [6, 6.07) is 9.02. The Bertz CT molecular complexity index is 867. The molecule has 1 N–H and O–H groups in total. The summed E-state index contributed by atoms with van der Waals surface area (Å²) in [5.41, 5.74) is -0.166. The molecule has 29 heavy (non-hydrogen) atoms. The Morgan fingerprint density at radius 1 is 0.828 bits per heavy atom. The van der Waals surface area contributed by atoms with Gasteiger partial charge in [0.25, 0.3) is 5.91 Å². The van der Waals surface area contributed by atoms with Crippen molar-refractivity contribution in [3.63, 3.8) is 0 Å². The van der Waals surface area contributed by atoms with Crippen LogP contribution in [0.4, 0.5) is 28.0 Å². The van der Waals surface area contributed by atoms with Gasteiger partial charge in [-0.15, -0.1) is 0 Å². The molecule has 0 atom stereocenters. The molecular formula is C20H19F4N3O2. The van der Waals surface area contributed by atoms with Crippen LogP contribution in [0.25, 0.3) is 0 Å². The van der Waals surface area contributed by atoms with Crippen molar-refractivity contribution < 1.29 is 27.2 Å². The van der Waals surface area contributed by atoms with Crippen LogP contribution in [0.2, 0.25) is 0 Å². The highest BCUT2D eigenvalue weighted by Crippen LogP contribution is 2.29. The van der Waals surface area contributed by atoms with Crippen molar-refractivity contribution in [1.82, 2.24) is 9.80 Å². The Morgan fingerprint density at radius 2 is 1.41 bits per heavy atom. The van der Waals surface area contributed by atoms with Crippen molar-refractivity contribution >= 4 is 17.6 Å². The molecule has 0 aliphatic carbocycles. The van der Waals surface area contributed by atoms with Crippen LogP contribution in [0.5, 0.6) is 0 Å². The van der Waals surface area contributed by atoms with E-state index < -0.39 is 23.6 Å². The molecule has 1 heterocycles. The molecule has 0 spiro atoms. The molecule has 0 aromatic heterocycles. The summed E-state index contributed by atoms with van der Waals surface area (Å²) in [5, 5.41) is 2.57. The minimum atomic E-state index is -4.44. The van der Waals surface area contributed by atoms with E-state index in [1.165, 1.54) is 41.3 Å². The zero-order chi connectivity index (χ0) is 21.0. The fourth-order valence-corrected chi connectivity index (χ4v) is 3.04. The van der Waals surface area contributed by atoms with E-state index in [2.05, 4.69) is 5.32 Å². The Hall–Kier alpha value is -3.10. The molecule has 1 aliphatic heterocycles. The molecule has 2 aromatic rings. The molecule has 1 saturated heterocycles. The number of nitrogens with one attached hydrogen (secondary N) is 1. The van der Waals surface area contributed by atoms with Crippen LogP contribution in [0.3, 0.4) is 0 Å².